The predicted molar refractivity (Wildman–Crippen MR) is 69.7 cm³/mol. The Morgan fingerprint density at radius 1 is 1.11 bits per heavy atom. The van der Waals surface area contributed by atoms with Crippen LogP contribution in [0.3, 0.4) is 0 Å². The molecule has 0 spiro atoms. The van der Waals surface area contributed by atoms with Crippen molar-refractivity contribution in [1.29, 1.82) is 0 Å². The van der Waals surface area contributed by atoms with Crippen molar-refractivity contribution in [1.82, 2.24) is 0 Å². The van der Waals surface area contributed by atoms with Crippen LogP contribution in [0.2, 0.25) is 0 Å². The summed E-state index contributed by atoms with van der Waals surface area (Å²) in [6, 6.07) is 4.41. The summed E-state index contributed by atoms with van der Waals surface area (Å²) in [5.74, 6) is -0.469. The van der Waals surface area contributed by atoms with E-state index in [9.17, 15) is 4.79 Å². The molecule has 1 saturated carbocycles. The van der Waals surface area contributed by atoms with E-state index in [0.29, 0.717) is 29.8 Å². The Morgan fingerprint density at radius 2 is 1.72 bits per heavy atom. The van der Waals surface area contributed by atoms with E-state index in [1.165, 1.54) is 12.1 Å². The van der Waals surface area contributed by atoms with Crippen molar-refractivity contribution in [2.24, 2.45) is 11.5 Å². The van der Waals surface area contributed by atoms with Crippen molar-refractivity contribution in [3.8, 4) is 0 Å². The van der Waals surface area contributed by atoms with Crippen molar-refractivity contribution in [3.63, 3.8) is 0 Å². The molecule has 1 aromatic carbocycles. The maximum Gasteiger partial charge on any atom is 0.338 e. The van der Waals surface area contributed by atoms with Crippen LogP contribution in [0.4, 0.5) is 11.4 Å². The molecule has 0 aliphatic heterocycles. The molecule has 18 heavy (non-hydrogen) atoms. The Hall–Kier alpha value is -1.79. The number of nitrogen functional groups attached to an aromatic ring is 2. The van der Waals surface area contributed by atoms with Gasteiger partial charge in [-0.2, -0.15) is 0 Å². The maximum absolute atomic E-state index is 11.9. The van der Waals surface area contributed by atoms with Crippen LogP contribution < -0.4 is 22.9 Å². The van der Waals surface area contributed by atoms with Gasteiger partial charge in [0.05, 0.1) is 5.56 Å². The molecule has 3 atom stereocenters. The maximum atomic E-state index is 11.9. The lowest BCUT2D eigenvalue weighted by molar-refractivity contribution is 0.0281. The number of carbonyl (C=O) groups excluding carboxylic acids is 1. The molecule has 98 valence electrons. The van der Waals surface area contributed by atoms with E-state index in [1.807, 2.05) is 0 Å². The normalized spacial score (nSPS) is 27.1. The zero-order valence-corrected chi connectivity index (χ0v) is 10.0. The van der Waals surface area contributed by atoms with E-state index in [1.54, 1.807) is 6.07 Å². The summed E-state index contributed by atoms with van der Waals surface area (Å²) in [5, 5.41) is 0. The third-order valence-corrected chi connectivity index (χ3v) is 3.06. The van der Waals surface area contributed by atoms with Gasteiger partial charge in [-0.05, 0) is 24.6 Å². The molecular formula is C12H18N4O2. The van der Waals surface area contributed by atoms with Crippen LogP contribution in [0.1, 0.15) is 23.2 Å². The number of carbonyl (C=O) groups is 1. The van der Waals surface area contributed by atoms with Gasteiger partial charge in [0.25, 0.3) is 0 Å². The second-order valence-corrected chi connectivity index (χ2v) is 4.73. The standard InChI is InChI=1S/C12H18N4O2/c13-7-1-6(2-8(14)3-7)12(17)18-11-5-9(15)4-10(11)16/h1-3,9-11H,4-5,13-16H2/t9-,10+,11+/m0/s1. The third kappa shape index (κ3) is 2.72. The summed E-state index contributed by atoms with van der Waals surface area (Å²) >= 11 is 0. The topological polar surface area (TPSA) is 130 Å². The molecule has 0 bridgehead atoms. The van der Waals surface area contributed by atoms with Crippen LogP contribution in [0, 0.1) is 0 Å². The molecular weight excluding hydrogens is 232 g/mol. The molecule has 0 unspecified atom stereocenters. The number of nitrogens with two attached hydrogens (primary N) is 4. The van der Waals surface area contributed by atoms with Crippen molar-refractivity contribution in [2.45, 2.75) is 31.0 Å². The van der Waals surface area contributed by atoms with Crippen LogP contribution >= 0.6 is 0 Å². The Kier molecular flexibility index (Phi) is 3.40. The van der Waals surface area contributed by atoms with Gasteiger partial charge in [-0.15, -0.1) is 0 Å². The van der Waals surface area contributed by atoms with Crippen LogP contribution in [0.15, 0.2) is 18.2 Å². The van der Waals surface area contributed by atoms with Gasteiger partial charge in [0, 0.05) is 29.9 Å². The molecule has 1 aliphatic carbocycles. The van der Waals surface area contributed by atoms with E-state index < -0.39 is 5.97 Å². The molecule has 6 heteroatoms. The van der Waals surface area contributed by atoms with E-state index in [4.69, 9.17) is 27.7 Å². The summed E-state index contributed by atoms with van der Waals surface area (Å²) in [6.45, 7) is 0. The minimum Gasteiger partial charge on any atom is -0.457 e. The predicted octanol–water partition coefficient (Wildman–Crippen LogP) is -0.175. The van der Waals surface area contributed by atoms with Crippen LogP contribution in [0.25, 0.3) is 0 Å². The first kappa shape index (κ1) is 12.7. The van der Waals surface area contributed by atoms with Gasteiger partial charge in [0.15, 0.2) is 0 Å². The van der Waals surface area contributed by atoms with Crippen molar-refractivity contribution in [2.75, 3.05) is 11.5 Å². The second-order valence-electron chi connectivity index (χ2n) is 4.73. The molecule has 2 rings (SSSR count). The first-order chi connectivity index (χ1) is 8.45. The highest BCUT2D eigenvalue weighted by Crippen LogP contribution is 2.22. The first-order valence-electron chi connectivity index (χ1n) is 5.84. The Morgan fingerprint density at radius 3 is 2.22 bits per heavy atom. The number of anilines is 2. The fourth-order valence-corrected chi connectivity index (χ4v) is 2.21. The highest BCUT2D eigenvalue weighted by Gasteiger charge is 2.32. The summed E-state index contributed by atoms with van der Waals surface area (Å²) < 4.78 is 5.34. The number of ether oxygens (including phenoxy) is 1. The van der Waals surface area contributed by atoms with Crippen LogP contribution in [-0.2, 0) is 4.74 Å². The van der Waals surface area contributed by atoms with Gasteiger partial charge in [0.2, 0.25) is 0 Å². The Balaban J connectivity index is 2.08. The summed E-state index contributed by atoms with van der Waals surface area (Å²) in [5.41, 5.74) is 24.0. The van der Waals surface area contributed by atoms with E-state index >= 15 is 0 Å². The van der Waals surface area contributed by atoms with Crippen molar-refractivity contribution in [3.05, 3.63) is 23.8 Å². The molecule has 1 aromatic rings. The second kappa shape index (κ2) is 4.83. The number of esters is 1. The lowest BCUT2D eigenvalue weighted by atomic mass is 10.1. The SMILES string of the molecule is Nc1cc(N)cc(C(=O)O[C@@H]2C[C@@H](N)C[C@H]2N)c1. The summed E-state index contributed by atoms with van der Waals surface area (Å²) in [7, 11) is 0. The van der Waals surface area contributed by atoms with Crippen molar-refractivity contribution >= 4 is 17.3 Å². The number of benzene rings is 1. The Bertz CT molecular complexity index is 443. The smallest absolute Gasteiger partial charge is 0.338 e. The van der Waals surface area contributed by atoms with Crippen LogP contribution in [-0.4, -0.2) is 24.2 Å². The van der Waals surface area contributed by atoms with E-state index in [-0.39, 0.29) is 18.2 Å². The molecule has 1 aliphatic rings. The number of rotatable bonds is 2. The van der Waals surface area contributed by atoms with Gasteiger partial charge in [-0.3, -0.25) is 0 Å². The van der Waals surface area contributed by atoms with Gasteiger partial charge >= 0.3 is 5.97 Å². The molecule has 0 amide bonds. The lowest BCUT2D eigenvalue weighted by Crippen LogP contribution is -2.33. The minimum absolute atomic E-state index is 0.0105. The Labute approximate surface area is 105 Å². The number of hydrogen-bond donors (Lipinski definition) is 4. The highest BCUT2D eigenvalue weighted by atomic mass is 16.5. The highest BCUT2D eigenvalue weighted by molar-refractivity contribution is 5.91. The quantitative estimate of drug-likeness (QED) is 0.425. The minimum atomic E-state index is -0.469. The molecule has 0 heterocycles. The lowest BCUT2D eigenvalue weighted by Gasteiger charge is -2.16. The van der Waals surface area contributed by atoms with Gasteiger partial charge in [-0.1, -0.05) is 0 Å². The van der Waals surface area contributed by atoms with Gasteiger partial charge < -0.3 is 27.7 Å². The average Bonchev–Trinajstić information content (AvgIpc) is 2.56. The fraction of sp³-hybridized carbons (Fsp3) is 0.417. The summed E-state index contributed by atoms with van der Waals surface area (Å²) in [6.07, 6.45) is 0.914. The fourth-order valence-electron chi connectivity index (χ4n) is 2.21. The molecule has 8 N–H and O–H groups in total. The molecule has 0 aromatic heterocycles. The van der Waals surface area contributed by atoms with E-state index in [0.717, 1.165) is 0 Å². The van der Waals surface area contributed by atoms with Crippen molar-refractivity contribution < 1.29 is 9.53 Å². The zero-order chi connectivity index (χ0) is 13.3. The van der Waals surface area contributed by atoms with Crippen LogP contribution in [0.5, 0.6) is 0 Å². The molecule has 6 nitrogen and oxygen atoms in total. The van der Waals surface area contributed by atoms with Gasteiger partial charge in [-0.25, -0.2) is 4.79 Å². The van der Waals surface area contributed by atoms with Gasteiger partial charge in [0.1, 0.15) is 6.10 Å². The summed E-state index contributed by atoms with van der Waals surface area (Å²) in [4.78, 5) is 11.9. The molecule has 0 radical (unpaired) electrons. The number of hydrogen-bond acceptors (Lipinski definition) is 6. The monoisotopic (exact) mass is 250 g/mol. The van der Waals surface area contributed by atoms with E-state index in [2.05, 4.69) is 0 Å². The largest absolute Gasteiger partial charge is 0.457 e. The molecule has 0 saturated heterocycles. The molecule has 1 fully saturated rings. The first-order valence-corrected chi connectivity index (χ1v) is 5.84. The zero-order valence-electron chi connectivity index (χ0n) is 10.0. The third-order valence-electron chi connectivity index (χ3n) is 3.06. The average molecular weight is 250 g/mol.